The summed E-state index contributed by atoms with van der Waals surface area (Å²) in [5.41, 5.74) is 8.49. The van der Waals surface area contributed by atoms with Crippen molar-refractivity contribution >= 4 is 0 Å². The van der Waals surface area contributed by atoms with Gasteiger partial charge >= 0.3 is 0 Å². The van der Waals surface area contributed by atoms with Gasteiger partial charge in [0.25, 0.3) is 0 Å². The lowest BCUT2D eigenvalue weighted by Gasteiger charge is -2.07. The van der Waals surface area contributed by atoms with Crippen LogP contribution in [0.25, 0.3) is 0 Å². The first-order valence-corrected chi connectivity index (χ1v) is 11.0. The summed E-state index contributed by atoms with van der Waals surface area (Å²) in [6.07, 6.45) is 9.51. The fourth-order valence-electron chi connectivity index (χ4n) is 3.66. The van der Waals surface area contributed by atoms with Crippen molar-refractivity contribution in [2.75, 3.05) is 0 Å². The molecule has 0 saturated carbocycles. The lowest BCUT2D eigenvalue weighted by molar-refractivity contribution is 0.795. The molecule has 0 N–H and O–H groups in total. The molecule has 0 fully saturated rings. The second kappa shape index (κ2) is 10.9. The molecule has 0 aliphatic rings. The van der Waals surface area contributed by atoms with E-state index in [0.717, 1.165) is 12.8 Å². The highest BCUT2D eigenvalue weighted by Crippen LogP contribution is 2.16. The lowest BCUT2D eigenvalue weighted by Crippen LogP contribution is -1.93. The van der Waals surface area contributed by atoms with E-state index in [-0.39, 0.29) is 0 Å². The van der Waals surface area contributed by atoms with Gasteiger partial charge < -0.3 is 0 Å². The van der Waals surface area contributed by atoms with E-state index in [1.54, 1.807) is 0 Å². The van der Waals surface area contributed by atoms with E-state index in [2.05, 4.69) is 86.6 Å². The van der Waals surface area contributed by atoms with Crippen LogP contribution in [-0.4, -0.2) is 0 Å². The van der Waals surface area contributed by atoms with Crippen molar-refractivity contribution in [2.45, 2.75) is 65.2 Å². The van der Waals surface area contributed by atoms with Gasteiger partial charge in [0.15, 0.2) is 0 Å². The first-order chi connectivity index (χ1) is 13.8. The van der Waals surface area contributed by atoms with Crippen LogP contribution in [0.2, 0.25) is 0 Å². The Labute approximate surface area is 171 Å². The summed E-state index contributed by atoms with van der Waals surface area (Å²) in [4.78, 5) is 0. The Morgan fingerprint density at radius 2 is 0.643 bits per heavy atom. The van der Waals surface area contributed by atoms with Crippen molar-refractivity contribution < 1.29 is 0 Å². The largest absolute Gasteiger partial charge is 0.0654 e. The summed E-state index contributed by atoms with van der Waals surface area (Å²) in [7, 11) is 0. The van der Waals surface area contributed by atoms with Crippen LogP contribution in [0.4, 0.5) is 0 Å². The summed E-state index contributed by atoms with van der Waals surface area (Å²) >= 11 is 0. The molecule has 0 atom stereocenters. The third-order valence-electron chi connectivity index (χ3n) is 5.52. The first kappa shape index (κ1) is 20.4. The molecule has 0 aliphatic carbocycles. The maximum Gasteiger partial charge on any atom is -0.00258 e. The van der Waals surface area contributed by atoms with Crippen molar-refractivity contribution in [3.63, 3.8) is 0 Å². The minimum Gasteiger partial charge on any atom is -0.0654 e. The Hall–Kier alpha value is -2.34. The molecule has 0 heteroatoms. The molecule has 0 bridgehead atoms. The Morgan fingerprint density at radius 3 is 0.893 bits per heavy atom. The molecule has 3 rings (SSSR count). The molecular weight excluding hydrogens is 336 g/mol. The number of aryl methyl sites for hydroxylation is 2. The fraction of sp³-hybridized carbons (Fsp3) is 0.357. The van der Waals surface area contributed by atoms with E-state index in [1.807, 2.05) is 0 Å². The Bertz CT molecular complexity index is 735. The van der Waals surface area contributed by atoms with Crippen LogP contribution in [-0.2, 0) is 25.7 Å². The smallest absolute Gasteiger partial charge is 0.00258 e. The third-order valence-corrected chi connectivity index (χ3v) is 5.52. The standard InChI is InChI=1S/C28H34/c1-3-5-7-23-9-13-25(14-10-23)21-27-17-19-28(20-18-27)22-26-15-11-24(12-16-26)8-6-4-2/h9-20H,3-8,21-22H2,1-2H3. The molecule has 0 aliphatic heterocycles. The first-order valence-electron chi connectivity index (χ1n) is 11.0. The molecule has 3 aromatic carbocycles. The zero-order valence-corrected chi connectivity index (χ0v) is 17.6. The van der Waals surface area contributed by atoms with Gasteiger partial charge in [0.2, 0.25) is 0 Å². The van der Waals surface area contributed by atoms with Crippen molar-refractivity contribution in [1.82, 2.24) is 0 Å². The summed E-state index contributed by atoms with van der Waals surface area (Å²) in [6.45, 7) is 4.50. The van der Waals surface area contributed by atoms with Gasteiger partial charge in [-0.25, -0.2) is 0 Å². The fourth-order valence-corrected chi connectivity index (χ4v) is 3.66. The molecule has 0 nitrogen and oxygen atoms in total. The summed E-state index contributed by atoms with van der Waals surface area (Å²) < 4.78 is 0. The molecule has 28 heavy (non-hydrogen) atoms. The topological polar surface area (TPSA) is 0 Å². The van der Waals surface area contributed by atoms with Crippen LogP contribution in [0.15, 0.2) is 72.8 Å². The minimum absolute atomic E-state index is 1.01. The van der Waals surface area contributed by atoms with E-state index < -0.39 is 0 Å². The highest BCUT2D eigenvalue weighted by atomic mass is 14.1. The minimum atomic E-state index is 1.01. The molecule has 0 radical (unpaired) electrons. The predicted octanol–water partition coefficient (Wildman–Crippen LogP) is 7.55. The monoisotopic (exact) mass is 370 g/mol. The zero-order valence-electron chi connectivity index (χ0n) is 17.6. The second-order valence-electron chi connectivity index (χ2n) is 8.01. The van der Waals surface area contributed by atoms with E-state index in [9.17, 15) is 0 Å². The highest BCUT2D eigenvalue weighted by Gasteiger charge is 2.01. The van der Waals surface area contributed by atoms with Crippen molar-refractivity contribution in [3.8, 4) is 0 Å². The summed E-state index contributed by atoms with van der Waals surface area (Å²) in [5, 5.41) is 0. The maximum absolute atomic E-state index is 2.30. The zero-order chi connectivity index (χ0) is 19.6. The Kier molecular flexibility index (Phi) is 7.91. The summed E-state index contributed by atoms with van der Waals surface area (Å²) in [6, 6.07) is 27.5. The number of unbranched alkanes of at least 4 members (excludes halogenated alkanes) is 2. The van der Waals surface area contributed by atoms with Crippen LogP contribution in [0.3, 0.4) is 0 Å². The molecule has 146 valence electrons. The quantitative estimate of drug-likeness (QED) is 0.345. The van der Waals surface area contributed by atoms with E-state index in [4.69, 9.17) is 0 Å². The Morgan fingerprint density at radius 1 is 0.393 bits per heavy atom. The van der Waals surface area contributed by atoms with Gasteiger partial charge in [0.1, 0.15) is 0 Å². The molecule has 3 aromatic rings. The predicted molar refractivity (Wildman–Crippen MR) is 122 cm³/mol. The van der Waals surface area contributed by atoms with Gasteiger partial charge in [-0.05, 0) is 71.9 Å². The second-order valence-corrected chi connectivity index (χ2v) is 8.01. The molecule has 0 aromatic heterocycles. The van der Waals surface area contributed by atoms with Crippen LogP contribution in [0.1, 0.15) is 72.9 Å². The molecule has 0 amide bonds. The van der Waals surface area contributed by atoms with E-state index in [1.165, 1.54) is 71.9 Å². The van der Waals surface area contributed by atoms with E-state index in [0.29, 0.717) is 0 Å². The van der Waals surface area contributed by atoms with Crippen LogP contribution in [0, 0.1) is 0 Å². The number of benzene rings is 3. The number of hydrogen-bond donors (Lipinski definition) is 0. The van der Waals surface area contributed by atoms with Crippen LogP contribution in [0.5, 0.6) is 0 Å². The third kappa shape index (κ3) is 6.37. The normalized spacial score (nSPS) is 10.9. The molecule has 0 unspecified atom stereocenters. The van der Waals surface area contributed by atoms with Crippen LogP contribution < -0.4 is 0 Å². The van der Waals surface area contributed by atoms with Crippen molar-refractivity contribution in [2.24, 2.45) is 0 Å². The van der Waals surface area contributed by atoms with Gasteiger partial charge in [-0.1, -0.05) is 99.5 Å². The average Bonchev–Trinajstić information content (AvgIpc) is 2.74. The average molecular weight is 371 g/mol. The Balaban J connectivity index is 1.54. The highest BCUT2D eigenvalue weighted by molar-refractivity contribution is 5.33. The molecule has 0 spiro atoms. The van der Waals surface area contributed by atoms with Gasteiger partial charge in [0, 0.05) is 0 Å². The lowest BCUT2D eigenvalue weighted by atomic mass is 9.98. The molecule has 0 heterocycles. The summed E-state index contributed by atoms with van der Waals surface area (Å²) in [5.74, 6) is 0. The van der Waals surface area contributed by atoms with Gasteiger partial charge in [-0.15, -0.1) is 0 Å². The van der Waals surface area contributed by atoms with E-state index >= 15 is 0 Å². The maximum atomic E-state index is 2.30. The van der Waals surface area contributed by atoms with Crippen molar-refractivity contribution in [1.29, 1.82) is 0 Å². The molecular formula is C28H34. The van der Waals surface area contributed by atoms with Gasteiger partial charge in [-0.3, -0.25) is 0 Å². The van der Waals surface area contributed by atoms with Gasteiger partial charge in [-0.2, -0.15) is 0 Å². The molecule has 0 saturated heterocycles. The number of hydrogen-bond acceptors (Lipinski definition) is 0. The number of rotatable bonds is 10. The van der Waals surface area contributed by atoms with Crippen molar-refractivity contribution in [3.05, 3.63) is 106 Å². The SMILES string of the molecule is CCCCc1ccc(Cc2ccc(Cc3ccc(CCCC)cc3)cc2)cc1. The van der Waals surface area contributed by atoms with Gasteiger partial charge in [0.05, 0.1) is 0 Å². The van der Waals surface area contributed by atoms with Crippen LogP contribution >= 0.6 is 0 Å².